The number of hydrogen-bond donors (Lipinski definition) is 1. The first-order chi connectivity index (χ1) is 20.3. The third-order valence-corrected chi connectivity index (χ3v) is 10.0. The molecule has 0 atom stereocenters. The second kappa shape index (κ2) is 13.8. The molecule has 1 saturated heterocycles. The highest BCUT2D eigenvalue weighted by Gasteiger charge is 2.29. The number of benzene rings is 3. The molecule has 1 heterocycles. The Morgan fingerprint density at radius 1 is 0.976 bits per heavy atom. The molecule has 2 aliphatic rings. The van der Waals surface area contributed by atoms with E-state index in [1.807, 2.05) is 0 Å². The third kappa shape index (κ3) is 7.38. The summed E-state index contributed by atoms with van der Waals surface area (Å²) in [4.78, 5) is 21.4. The number of carbonyl (C=O) groups is 1. The molecule has 0 spiro atoms. The van der Waals surface area contributed by atoms with Gasteiger partial charge in [-0.05, 0) is 119 Å². The molecule has 8 nitrogen and oxygen atoms in total. The topological polar surface area (TPSA) is 88.2 Å². The molecule has 1 amide bonds. The van der Waals surface area contributed by atoms with Gasteiger partial charge in [0.2, 0.25) is 0 Å². The fourth-order valence-corrected chi connectivity index (χ4v) is 7.13. The van der Waals surface area contributed by atoms with Gasteiger partial charge in [-0.3, -0.25) is 4.79 Å². The largest absolute Gasteiger partial charge is 0.497 e. The quantitative estimate of drug-likeness (QED) is 0.256. The van der Waals surface area contributed by atoms with E-state index in [4.69, 9.17) is 21.2 Å². The van der Waals surface area contributed by atoms with Gasteiger partial charge >= 0.3 is 0 Å². The Morgan fingerprint density at radius 3 is 2.31 bits per heavy atom. The van der Waals surface area contributed by atoms with Crippen molar-refractivity contribution >= 4 is 33.2 Å². The molecule has 1 aliphatic carbocycles. The predicted octanol–water partition coefficient (Wildman–Crippen LogP) is 6.31. The van der Waals surface area contributed by atoms with E-state index in [9.17, 15) is 13.2 Å². The molecule has 1 aliphatic heterocycles. The van der Waals surface area contributed by atoms with Crippen molar-refractivity contribution in [1.82, 2.24) is 10.2 Å². The number of hydrogen-bond acceptors (Lipinski definition) is 6. The SMILES string of the molecule is COc1ccc(ON(c2ccccc2)S(=O)(=O)c2ccc(C(=O)NC3CCC(CCN4CCCC4)CC3)cc2)c(Cl)c1. The number of amides is 1. The fourth-order valence-electron chi connectivity index (χ4n) is 5.67. The number of sulfonamides is 1. The molecule has 0 unspecified atom stereocenters. The predicted molar refractivity (Wildman–Crippen MR) is 165 cm³/mol. The molecule has 1 N–H and O–H groups in total. The van der Waals surface area contributed by atoms with Gasteiger partial charge in [-0.25, -0.2) is 0 Å². The second-order valence-electron chi connectivity index (χ2n) is 11.0. The fraction of sp³-hybridized carbons (Fsp3) is 0.406. The zero-order chi connectivity index (χ0) is 29.5. The number of carbonyl (C=O) groups excluding carboxylic acids is 1. The van der Waals surface area contributed by atoms with Gasteiger partial charge in [0.05, 0.1) is 22.7 Å². The van der Waals surface area contributed by atoms with E-state index in [0.29, 0.717) is 17.0 Å². The van der Waals surface area contributed by atoms with E-state index >= 15 is 0 Å². The van der Waals surface area contributed by atoms with Gasteiger partial charge in [0.15, 0.2) is 5.75 Å². The lowest BCUT2D eigenvalue weighted by Gasteiger charge is -2.30. The Kier molecular flexibility index (Phi) is 9.92. The molecule has 42 heavy (non-hydrogen) atoms. The molecule has 10 heteroatoms. The Labute approximate surface area is 253 Å². The number of anilines is 1. The summed E-state index contributed by atoms with van der Waals surface area (Å²) >= 11 is 6.35. The Hall–Kier alpha value is -3.27. The summed E-state index contributed by atoms with van der Waals surface area (Å²) in [6.07, 6.45) is 8.09. The second-order valence-corrected chi connectivity index (χ2v) is 13.2. The first-order valence-corrected chi connectivity index (χ1v) is 16.4. The summed E-state index contributed by atoms with van der Waals surface area (Å²) < 4.78 is 33.5. The molecule has 0 bridgehead atoms. The van der Waals surface area contributed by atoms with Crippen LogP contribution in [-0.2, 0) is 10.0 Å². The van der Waals surface area contributed by atoms with Gasteiger partial charge < -0.3 is 19.8 Å². The van der Waals surface area contributed by atoms with Gasteiger partial charge in [0.25, 0.3) is 15.9 Å². The van der Waals surface area contributed by atoms with Gasteiger partial charge in [-0.2, -0.15) is 8.42 Å². The van der Waals surface area contributed by atoms with Crippen LogP contribution in [-0.4, -0.2) is 52.0 Å². The van der Waals surface area contributed by atoms with Crippen molar-refractivity contribution in [2.24, 2.45) is 5.92 Å². The summed E-state index contributed by atoms with van der Waals surface area (Å²) in [7, 11) is -2.67. The molecule has 1 saturated carbocycles. The minimum atomic E-state index is -4.19. The Balaban J connectivity index is 1.23. The first kappa shape index (κ1) is 30.2. The number of rotatable bonds is 11. The monoisotopic (exact) mass is 611 g/mol. The lowest BCUT2D eigenvalue weighted by molar-refractivity contribution is 0.0920. The summed E-state index contributed by atoms with van der Waals surface area (Å²) in [5.41, 5.74) is 0.706. The van der Waals surface area contributed by atoms with Crippen LogP contribution in [0.4, 0.5) is 5.69 Å². The van der Waals surface area contributed by atoms with E-state index in [-0.39, 0.29) is 27.6 Å². The van der Waals surface area contributed by atoms with Crippen molar-refractivity contribution in [3.05, 3.63) is 83.4 Å². The van der Waals surface area contributed by atoms with Crippen LogP contribution in [0, 0.1) is 5.92 Å². The number of likely N-dealkylation sites (tertiary alicyclic amines) is 1. The molecule has 3 aromatic rings. The van der Waals surface area contributed by atoms with Gasteiger partial charge in [0, 0.05) is 17.7 Å². The van der Waals surface area contributed by atoms with E-state index in [1.165, 1.54) is 70.3 Å². The molecule has 3 aromatic carbocycles. The average Bonchev–Trinajstić information content (AvgIpc) is 3.54. The summed E-state index contributed by atoms with van der Waals surface area (Å²) in [5.74, 6) is 1.19. The first-order valence-electron chi connectivity index (χ1n) is 14.6. The van der Waals surface area contributed by atoms with Crippen molar-refractivity contribution in [3.8, 4) is 11.5 Å². The summed E-state index contributed by atoms with van der Waals surface area (Å²) in [5, 5.41) is 3.34. The van der Waals surface area contributed by atoms with Gasteiger partial charge in [0.1, 0.15) is 5.75 Å². The maximum absolute atomic E-state index is 13.8. The van der Waals surface area contributed by atoms with E-state index < -0.39 is 10.0 Å². The Morgan fingerprint density at radius 2 is 1.67 bits per heavy atom. The minimum Gasteiger partial charge on any atom is -0.497 e. The molecule has 224 valence electrons. The van der Waals surface area contributed by atoms with E-state index in [2.05, 4.69) is 10.2 Å². The van der Waals surface area contributed by atoms with Crippen molar-refractivity contribution in [2.75, 3.05) is 31.2 Å². The normalized spacial score (nSPS) is 19.3. The highest BCUT2D eigenvalue weighted by atomic mass is 35.5. The van der Waals surface area contributed by atoms with Crippen molar-refractivity contribution in [1.29, 1.82) is 0 Å². The molecule has 0 aromatic heterocycles. The highest BCUT2D eigenvalue weighted by molar-refractivity contribution is 7.92. The van der Waals surface area contributed by atoms with Gasteiger partial charge in [-0.1, -0.05) is 34.3 Å². The molecular formula is C32H38ClN3O5S. The Bertz CT molecular complexity index is 1440. The number of ether oxygens (including phenoxy) is 1. The lowest BCUT2D eigenvalue weighted by atomic mass is 9.84. The smallest absolute Gasteiger partial charge is 0.295 e. The molecule has 5 rings (SSSR count). The summed E-state index contributed by atoms with van der Waals surface area (Å²) in [6.45, 7) is 3.66. The molecule has 0 radical (unpaired) electrons. The van der Waals surface area contributed by atoms with Crippen LogP contribution in [0.3, 0.4) is 0 Å². The minimum absolute atomic E-state index is 0.0222. The van der Waals surface area contributed by atoms with Crippen LogP contribution in [0.25, 0.3) is 0 Å². The third-order valence-electron chi connectivity index (χ3n) is 8.15. The van der Waals surface area contributed by atoms with Gasteiger partial charge in [-0.15, -0.1) is 0 Å². The zero-order valence-corrected chi connectivity index (χ0v) is 25.4. The van der Waals surface area contributed by atoms with Crippen LogP contribution in [0.1, 0.15) is 55.3 Å². The maximum Gasteiger partial charge on any atom is 0.295 e. The lowest BCUT2D eigenvalue weighted by Crippen LogP contribution is -2.38. The van der Waals surface area contributed by atoms with Crippen LogP contribution < -0.4 is 19.4 Å². The number of nitrogens with one attached hydrogen (secondary N) is 1. The van der Waals surface area contributed by atoms with Crippen molar-refractivity contribution in [3.63, 3.8) is 0 Å². The van der Waals surface area contributed by atoms with Crippen molar-refractivity contribution in [2.45, 2.75) is 55.9 Å². The highest BCUT2D eigenvalue weighted by Crippen LogP contribution is 2.33. The van der Waals surface area contributed by atoms with Crippen molar-refractivity contribution < 1.29 is 22.8 Å². The van der Waals surface area contributed by atoms with Crippen LogP contribution in [0.2, 0.25) is 5.02 Å². The molecule has 2 fully saturated rings. The zero-order valence-electron chi connectivity index (χ0n) is 23.9. The number of halogens is 1. The maximum atomic E-state index is 13.8. The van der Waals surface area contributed by atoms with Crippen LogP contribution >= 0.6 is 11.6 Å². The number of nitrogens with zero attached hydrogens (tertiary/aromatic N) is 2. The van der Waals surface area contributed by atoms with E-state index in [0.717, 1.165) is 36.1 Å². The average molecular weight is 612 g/mol. The van der Waals surface area contributed by atoms with E-state index in [1.54, 1.807) is 48.5 Å². The number of methoxy groups -OCH3 is 1. The summed E-state index contributed by atoms with van der Waals surface area (Å²) in [6, 6.07) is 19.2. The van der Waals surface area contributed by atoms with Crippen LogP contribution in [0.15, 0.2) is 77.7 Å². The number of para-hydroxylation sites is 1. The standard InChI is InChI=1S/C32H38ClN3O5S/c1-40-28-15-18-31(30(33)23-28)41-36(27-7-3-2-4-8-27)42(38,39)29-16-11-25(12-17-29)32(37)34-26-13-9-24(10-14-26)19-22-35-20-5-6-21-35/h2-4,7-8,11-12,15-18,23-24,26H,5-6,9-10,13-14,19-22H2,1H3,(H,34,37). The van der Waals surface area contributed by atoms with Crippen LogP contribution in [0.5, 0.6) is 11.5 Å². The molecular weight excluding hydrogens is 574 g/mol.